The van der Waals surface area contributed by atoms with Gasteiger partial charge in [-0.15, -0.1) is 0 Å². The lowest BCUT2D eigenvalue weighted by Crippen LogP contribution is -2.48. The number of nitrogens with zero attached hydrogens (tertiary/aromatic N) is 5. The molecular formula is C22H21F2N5O4. The van der Waals surface area contributed by atoms with Gasteiger partial charge in [0.15, 0.2) is 12.4 Å². The number of aromatic nitrogens is 2. The fourth-order valence-corrected chi connectivity index (χ4v) is 3.60. The molecule has 1 fully saturated rings. The van der Waals surface area contributed by atoms with E-state index in [4.69, 9.17) is 4.74 Å². The topological polar surface area (TPSA) is 93.7 Å². The highest BCUT2D eigenvalue weighted by atomic mass is 19.1. The van der Waals surface area contributed by atoms with E-state index < -0.39 is 10.7 Å². The van der Waals surface area contributed by atoms with Crippen LogP contribution in [0.2, 0.25) is 0 Å². The van der Waals surface area contributed by atoms with Crippen LogP contribution in [-0.4, -0.2) is 56.6 Å². The van der Waals surface area contributed by atoms with Crippen molar-refractivity contribution in [2.45, 2.75) is 13.3 Å². The van der Waals surface area contributed by atoms with E-state index in [1.807, 2.05) is 6.07 Å². The summed E-state index contributed by atoms with van der Waals surface area (Å²) in [5.74, 6) is -1.40. The van der Waals surface area contributed by atoms with E-state index >= 15 is 0 Å². The molecule has 0 spiro atoms. The van der Waals surface area contributed by atoms with Crippen LogP contribution >= 0.6 is 0 Å². The van der Waals surface area contributed by atoms with Crippen molar-refractivity contribution in [3.8, 4) is 5.75 Å². The Morgan fingerprint density at radius 2 is 1.82 bits per heavy atom. The molecule has 2 aromatic carbocycles. The van der Waals surface area contributed by atoms with Crippen LogP contribution < -0.4 is 4.74 Å². The Bertz CT molecular complexity index is 1160. The Morgan fingerprint density at radius 3 is 2.55 bits per heavy atom. The van der Waals surface area contributed by atoms with Crippen LogP contribution in [0.1, 0.15) is 16.1 Å². The van der Waals surface area contributed by atoms with Gasteiger partial charge in [-0.3, -0.25) is 19.8 Å². The lowest BCUT2D eigenvalue weighted by Gasteiger charge is -2.34. The molecule has 172 valence electrons. The van der Waals surface area contributed by atoms with Crippen LogP contribution in [0, 0.1) is 21.7 Å². The van der Waals surface area contributed by atoms with Gasteiger partial charge in [-0.25, -0.2) is 13.5 Å². The second-order valence-electron chi connectivity index (χ2n) is 7.58. The molecule has 0 atom stereocenters. The number of carbonyl (C=O) groups is 1. The third-order valence-corrected chi connectivity index (χ3v) is 5.29. The monoisotopic (exact) mass is 457 g/mol. The predicted octanol–water partition coefficient (Wildman–Crippen LogP) is 3.06. The van der Waals surface area contributed by atoms with E-state index in [0.29, 0.717) is 32.7 Å². The Kier molecular flexibility index (Phi) is 6.59. The van der Waals surface area contributed by atoms with Crippen molar-refractivity contribution in [1.29, 1.82) is 0 Å². The number of halogens is 2. The zero-order valence-corrected chi connectivity index (χ0v) is 17.6. The van der Waals surface area contributed by atoms with Crippen LogP contribution in [0.25, 0.3) is 0 Å². The van der Waals surface area contributed by atoms with Crippen molar-refractivity contribution in [2.24, 2.45) is 0 Å². The van der Waals surface area contributed by atoms with Crippen LogP contribution in [0.15, 0.2) is 54.7 Å². The zero-order chi connectivity index (χ0) is 23.4. The van der Waals surface area contributed by atoms with Crippen molar-refractivity contribution in [3.05, 3.63) is 87.7 Å². The molecule has 0 N–H and O–H groups in total. The van der Waals surface area contributed by atoms with E-state index in [0.717, 1.165) is 23.8 Å². The fraction of sp³-hybridized carbons (Fsp3) is 0.273. The van der Waals surface area contributed by atoms with Gasteiger partial charge in [0.25, 0.3) is 5.91 Å². The lowest BCUT2D eigenvalue weighted by atomic mass is 10.2. The van der Waals surface area contributed by atoms with Crippen LogP contribution in [0.4, 0.5) is 14.5 Å². The molecule has 1 amide bonds. The average Bonchev–Trinajstić information content (AvgIpc) is 3.27. The smallest absolute Gasteiger partial charge is 0.311 e. The van der Waals surface area contributed by atoms with Gasteiger partial charge in [0.2, 0.25) is 5.75 Å². The highest BCUT2D eigenvalue weighted by Crippen LogP contribution is 2.27. The summed E-state index contributed by atoms with van der Waals surface area (Å²) in [6, 6.07) is 10.9. The highest BCUT2D eigenvalue weighted by Gasteiger charge is 2.24. The largest absolute Gasteiger partial charge is 0.464 e. The Hall–Kier alpha value is -3.86. The second-order valence-corrected chi connectivity index (χ2v) is 7.58. The summed E-state index contributed by atoms with van der Waals surface area (Å²) in [6.45, 7) is 2.70. The third kappa shape index (κ3) is 5.50. The molecule has 0 saturated carbocycles. The average molecular weight is 457 g/mol. The molecule has 3 aromatic rings. The number of piperazine rings is 1. The summed E-state index contributed by atoms with van der Waals surface area (Å²) in [6.07, 6.45) is 1.51. The van der Waals surface area contributed by atoms with Gasteiger partial charge in [0.05, 0.1) is 4.92 Å². The SMILES string of the molecule is O=C(c1ccn(COc2cc(F)ccc2[N+](=O)[O-])n1)N1CCN(Cc2cccc(F)c2)CC1. The Morgan fingerprint density at radius 1 is 1.06 bits per heavy atom. The maximum absolute atomic E-state index is 13.4. The molecule has 1 aliphatic rings. The highest BCUT2D eigenvalue weighted by molar-refractivity contribution is 5.92. The van der Waals surface area contributed by atoms with Gasteiger partial charge in [0, 0.05) is 51.1 Å². The lowest BCUT2D eigenvalue weighted by molar-refractivity contribution is -0.386. The molecule has 0 aliphatic carbocycles. The van der Waals surface area contributed by atoms with Crippen molar-refractivity contribution >= 4 is 11.6 Å². The minimum atomic E-state index is -0.666. The summed E-state index contributed by atoms with van der Waals surface area (Å²) in [7, 11) is 0. The van der Waals surface area contributed by atoms with E-state index in [2.05, 4.69) is 10.00 Å². The fourth-order valence-electron chi connectivity index (χ4n) is 3.60. The maximum atomic E-state index is 13.4. The standard InChI is InChI=1S/C22H21F2N5O4/c23-17-3-1-2-16(12-17)14-26-8-10-27(11-9-26)22(30)19-6-7-28(25-19)15-33-21-13-18(24)4-5-20(21)29(31)32/h1-7,12-13H,8-11,14-15H2. The summed E-state index contributed by atoms with van der Waals surface area (Å²) >= 11 is 0. The first-order chi connectivity index (χ1) is 15.9. The number of amides is 1. The van der Waals surface area contributed by atoms with Gasteiger partial charge in [-0.2, -0.15) is 5.10 Å². The molecule has 33 heavy (non-hydrogen) atoms. The molecule has 1 aromatic heterocycles. The zero-order valence-electron chi connectivity index (χ0n) is 17.6. The number of nitro benzene ring substituents is 1. The first-order valence-corrected chi connectivity index (χ1v) is 10.3. The van der Waals surface area contributed by atoms with Crippen molar-refractivity contribution in [2.75, 3.05) is 26.2 Å². The molecule has 1 aliphatic heterocycles. The number of ether oxygens (including phenoxy) is 1. The van der Waals surface area contributed by atoms with Gasteiger partial charge < -0.3 is 9.64 Å². The van der Waals surface area contributed by atoms with E-state index in [9.17, 15) is 23.7 Å². The van der Waals surface area contributed by atoms with Gasteiger partial charge >= 0.3 is 5.69 Å². The van der Waals surface area contributed by atoms with Gasteiger partial charge in [-0.1, -0.05) is 12.1 Å². The Balaban J connectivity index is 1.31. The summed E-state index contributed by atoms with van der Waals surface area (Å²) < 4.78 is 33.4. The molecule has 11 heteroatoms. The predicted molar refractivity (Wildman–Crippen MR) is 113 cm³/mol. The number of hydrogen-bond acceptors (Lipinski definition) is 6. The molecule has 0 bridgehead atoms. The molecule has 9 nitrogen and oxygen atoms in total. The van der Waals surface area contributed by atoms with E-state index in [-0.39, 0.29) is 35.6 Å². The van der Waals surface area contributed by atoms with Gasteiger partial charge in [-0.05, 0) is 29.8 Å². The summed E-state index contributed by atoms with van der Waals surface area (Å²) in [4.78, 5) is 27.0. The first kappa shape index (κ1) is 22.3. The quantitative estimate of drug-likeness (QED) is 0.400. The molecule has 0 radical (unpaired) electrons. The van der Waals surface area contributed by atoms with Crippen molar-refractivity contribution < 1.29 is 23.2 Å². The van der Waals surface area contributed by atoms with Gasteiger partial charge in [0.1, 0.15) is 11.6 Å². The first-order valence-electron chi connectivity index (χ1n) is 10.3. The molecule has 4 rings (SSSR count). The number of benzene rings is 2. The normalized spacial score (nSPS) is 14.3. The number of nitro groups is 1. The van der Waals surface area contributed by atoms with E-state index in [1.165, 1.54) is 29.1 Å². The summed E-state index contributed by atoms with van der Waals surface area (Å²) in [5, 5.41) is 15.2. The summed E-state index contributed by atoms with van der Waals surface area (Å²) in [5.41, 5.74) is 0.731. The molecule has 1 saturated heterocycles. The maximum Gasteiger partial charge on any atom is 0.311 e. The third-order valence-electron chi connectivity index (χ3n) is 5.29. The van der Waals surface area contributed by atoms with Crippen molar-refractivity contribution in [3.63, 3.8) is 0 Å². The molecule has 0 unspecified atom stereocenters. The second kappa shape index (κ2) is 9.74. The van der Waals surface area contributed by atoms with Crippen LogP contribution in [0.3, 0.4) is 0 Å². The minimum absolute atomic E-state index is 0.214. The van der Waals surface area contributed by atoms with Crippen molar-refractivity contribution in [1.82, 2.24) is 19.6 Å². The molecule has 2 heterocycles. The molecular weight excluding hydrogens is 436 g/mol. The number of hydrogen-bond donors (Lipinski definition) is 0. The number of carbonyl (C=O) groups excluding carboxylic acids is 1. The van der Waals surface area contributed by atoms with E-state index in [1.54, 1.807) is 11.0 Å². The minimum Gasteiger partial charge on any atom is -0.464 e. The number of rotatable bonds is 7. The Labute approximate surface area is 187 Å². The van der Waals surface area contributed by atoms with Crippen LogP contribution in [-0.2, 0) is 13.3 Å². The van der Waals surface area contributed by atoms with Crippen LogP contribution in [0.5, 0.6) is 5.75 Å².